The van der Waals surface area contributed by atoms with E-state index in [0.29, 0.717) is 40.3 Å². The van der Waals surface area contributed by atoms with Crippen LogP contribution in [0.15, 0.2) is 84.2 Å². The van der Waals surface area contributed by atoms with Gasteiger partial charge in [0.05, 0.1) is 21.6 Å². The van der Waals surface area contributed by atoms with Crippen molar-refractivity contribution in [3.8, 4) is 0 Å². The molecular formula is C25H21ClN4O2S. The Labute approximate surface area is 200 Å². The van der Waals surface area contributed by atoms with Crippen molar-refractivity contribution in [2.45, 2.75) is 13.1 Å². The number of nitrogens with zero attached hydrogens (tertiary/aromatic N) is 1. The lowest BCUT2D eigenvalue weighted by atomic mass is 10.1. The fourth-order valence-corrected chi connectivity index (χ4v) is 3.94. The molecule has 0 bridgehead atoms. The van der Waals surface area contributed by atoms with Gasteiger partial charge in [0, 0.05) is 24.3 Å². The Morgan fingerprint density at radius 3 is 2.64 bits per heavy atom. The zero-order valence-electron chi connectivity index (χ0n) is 17.6. The summed E-state index contributed by atoms with van der Waals surface area (Å²) in [5, 5.41) is 7.07. The highest BCUT2D eigenvalue weighted by molar-refractivity contribution is 7.71. The second-order valence-electron chi connectivity index (χ2n) is 7.38. The van der Waals surface area contributed by atoms with Crippen molar-refractivity contribution >= 4 is 52.0 Å². The minimum absolute atomic E-state index is 0.231. The number of fused-ring (bicyclic) bond motifs is 1. The first kappa shape index (κ1) is 22.5. The molecule has 6 nitrogen and oxygen atoms in total. The van der Waals surface area contributed by atoms with Crippen LogP contribution in [0.1, 0.15) is 15.9 Å². The van der Waals surface area contributed by atoms with Crippen LogP contribution < -0.4 is 16.2 Å². The molecule has 4 aromatic rings. The number of hydrogen-bond acceptors (Lipinski definition) is 4. The summed E-state index contributed by atoms with van der Waals surface area (Å²) in [6.45, 7) is 4.59. The molecule has 0 saturated carbocycles. The topological polar surface area (TPSA) is 78.9 Å². The number of anilines is 2. The van der Waals surface area contributed by atoms with E-state index in [1.165, 1.54) is 4.57 Å². The molecule has 33 heavy (non-hydrogen) atoms. The molecule has 3 N–H and O–H groups in total. The summed E-state index contributed by atoms with van der Waals surface area (Å²) in [4.78, 5) is 28.4. The summed E-state index contributed by atoms with van der Waals surface area (Å²) in [6.07, 6.45) is 1.60. The third kappa shape index (κ3) is 5.05. The number of amides is 1. The van der Waals surface area contributed by atoms with Crippen LogP contribution in [0.5, 0.6) is 0 Å². The van der Waals surface area contributed by atoms with E-state index in [1.54, 1.807) is 36.4 Å². The first-order chi connectivity index (χ1) is 16.0. The molecule has 0 saturated heterocycles. The lowest BCUT2D eigenvalue weighted by Gasteiger charge is -2.12. The van der Waals surface area contributed by atoms with Crippen molar-refractivity contribution in [1.29, 1.82) is 0 Å². The van der Waals surface area contributed by atoms with E-state index in [2.05, 4.69) is 22.2 Å². The molecule has 8 heteroatoms. The number of hydrogen-bond donors (Lipinski definition) is 3. The fraction of sp³-hybridized carbons (Fsp3) is 0.0800. The average Bonchev–Trinajstić information content (AvgIpc) is 2.81. The number of aromatic amines is 1. The van der Waals surface area contributed by atoms with Crippen LogP contribution in [0.4, 0.5) is 11.4 Å². The van der Waals surface area contributed by atoms with Crippen molar-refractivity contribution in [2.75, 3.05) is 10.6 Å². The molecular weight excluding hydrogens is 456 g/mol. The second kappa shape index (κ2) is 9.85. The molecule has 0 radical (unpaired) electrons. The number of carbonyl (C=O) groups excluding carboxylic acids is 1. The Hall–Kier alpha value is -3.68. The SMILES string of the molecule is C=CCn1c(=S)[nH]c2cc(C(=O)Nc3ccc(NCc4ccccc4)c(Cl)c3)ccc2c1=O. The van der Waals surface area contributed by atoms with Gasteiger partial charge >= 0.3 is 0 Å². The lowest BCUT2D eigenvalue weighted by Crippen LogP contribution is -2.22. The predicted molar refractivity (Wildman–Crippen MR) is 137 cm³/mol. The van der Waals surface area contributed by atoms with Gasteiger partial charge in [-0.25, -0.2) is 0 Å². The van der Waals surface area contributed by atoms with Crippen LogP contribution in [0.25, 0.3) is 10.9 Å². The van der Waals surface area contributed by atoms with Gasteiger partial charge in [-0.1, -0.05) is 48.0 Å². The molecule has 0 fully saturated rings. The quantitative estimate of drug-likeness (QED) is 0.234. The van der Waals surface area contributed by atoms with Crippen LogP contribution in [0, 0.1) is 4.77 Å². The van der Waals surface area contributed by atoms with Crippen LogP contribution in [-0.2, 0) is 13.1 Å². The Bertz CT molecular complexity index is 1460. The van der Waals surface area contributed by atoms with Gasteiger partial charge in [0.25, 0.3) is 11.5 Å². The summed E-state index contributed by atoms with van der Waals surface area (Å²) in [5.41, 5.74) is 3.12. The number of nitrogens with one attached hydrogen (secondary N) is 3. The Morgan fingerprint density at radius 2 is 1.91 bits per heavy atom. The summed E-state index contributed by atoms with van der Waals surface area (Å²) in [5.74, 6) is -0.326. The molecule has 0 atom stereocenters. The third-order valence-electron chi connectivity index (χ3n) is 5.11. The summed E-state index contributed by atoms with van der Waals surface area (Å²) in [6, 6.07) is 20.1. The maximum Gasteiger partial charge on any atom is 0.262 e. The minimum Gasteiger partial charge on any atom is -0.380 e. The van der Waals surface area contributed by atoms with Gasteiger partial charge < -0.3 is 15.6 Å². The van der Waals surface area contributed by atoms with Crippen LogP contribution in [0.2, 0.25) is 5.02 Å². The van der Waals surface area contributed by atoms with Gasteiger partial charge in [-0.05, 0) is 54.2 Å². The van der Waals surface area contributed by atoms with E-state index in [4.69, 9.17) is 23.8 Å². The summed E-state index contributed by atoms with van der Waals surface area (Å²) in [7, 11) is 0. The van der Waals surface area contributed by atoms with Crippen molar-refractivity contribution < 1.29 is 4.79 Å². The molecule has 166 valence electrons. The highest BCUT2D eigenvalue weighted by Gasteiger charge is 2.11. The molecule has 0 spiro atoms. The average molecular weight is 477 g/mol. The Morgan fingerprint density at radius 1 is 1.12 bits per heavy atom. The molecule has 0 aliphatic heterocycles. The smallest absolute Gasteiger partial charge is 0.262 e. The largest absolute Gasteiger partial charge is 0.380 e. The third-order valence-corrected chi connectivity index (χ3v) is 5.74. The number of H-pyrrole nitrogens is 1. The summed E-state index contributed by atoms with van der Waals surface area (Å²) < 4.78 is 1.69. The fourth-order valence-electron chi connectivity index (χ4n) is 3.42. The van der Waals surface area contributed by atoms with Crippen LogP contribution >= 0.6 is 23.8 Å². The van der Waals surface area contributed by atoms with Crippen molar-refractivity contribution in [1.82, 2.24) is 9.55 Å². The van der Waals surface area contributed by atoms with Crippen molar-refractivity contribution in [2.24, 2.45) is 0 Å². The van der Waals surface area contributed by atoms with Gasteiger partial charge in [0.2, 0.25) is 0 Å². The minimum atomic E-state index is -0.326. The van der Waals surface area contributed by atoms with Crippen molar-refractivity contribution in [3.63, 3.8) is 0 Å². The van der Waals surface area contributed by atoms with Gasteiger partial charge in [-0.2, -0.15) is 0 Å². The van der Waals surface area contributed by atoms with E-state index >= 15 is 0 Å². The van der Waals surface area contributed by atoms with E-state index in [0.717, 1.165) is 11.3 Å². The van der Waals surface area contributed by atoms with Crippen LogP contribution in [0.3, 0.4) is 0 Å². The highest BCUT2D eigenvalue weighted by Crippen LogP contribution is 2.26. The standard InChI is InChI=1S/C25H21ClN4O2S/c1-2-12-30-24(32)19-10-8-17(13-22(19)29-25(30)33)23(31)28-18-9-11-21(20(26)14-18)27-15-16-6-4-3-5-7-16/h2-11,13-14,27H,1,12,15H2,(H,28,31)(H,29,33). The van der Waals surface area contributed by atoms with Gasteiger partial charge in [-0.15, -0.1) is 6.58 Å². The second-order valence-corrected chi connectivity index (χ2v) is 8.18. The molecule has 1 heterocycles. The monoisotopic (exact) mass is 476 g/mol. The normalized spacial score (nSPS) is 10.7. The van der Waals surface area contributed by atoms with E-state index < -0.39 is 0 Å². The Balaban J connectivity index is 1.51. The first-order valence-corrected chi connectivity index (χ1v) is 11.0. The van der Waals surface area contributed by atoms with Crippen molar-refractivity contribution in [3.05, 3.63) is 111 Å². The predicted octanol–water partition coefficient (Wildman–Crippen LogP) is 5.76. The molecule has 4 rings (SSSR count). The number of aromatic nitrogens is 2. The number of carbonyl (C=O) groups is 1. The zero-order valence-corrected chi connectivity index (χ0v) is 19.2. The number of benzene rings is 3. The number of allylic oxidation sites excluding steroid dienone is 1. The van der Waals surface area contributed by atoms with Gasteiger partial charge in [0.15, 0.2) is 4.77 Å². The Kier molecular flexibility index (Phi) is 6.72. The molecule has 1 aromatic heterocycles. The number of halogens is 1. The maximum absolute atomic E-state index is 12.8. The van der Waals surface area contributed by atoms with Crippen LogP contribution in [-0.4, -0.2) is 15.5 Å². The van der Waals surface area contributed by atoms with E-state index in [-0.39, 0.29) is 16.2 Å². The summed E-state index contributed by atoms with van der Waals surface area (Å²) >= 11 is 11.7. The molecule has 1 amide bonds. The molecule has 0 aliphatic carbocycles. The zero-order chi connectivity index (χ0) is 23.4. The molecule has 3 aromatic carbocycles. The number of rotatable bonds is 7. The van der Waals surface area contributed by atoms with E-state index in [9.17, 15) is 9.59 Å². The van der Waals surface area contributed by atoms with Gasteiger partial charge in [0.1, 0.15) is 0 Å². The maximum atomic E-state index is 12.8. The highest BCUT2D eigenvalue weighted by atomic mass is 35.5. The molecule has 0 unspecified atom stereocenters. The van der Waals surface area contributed by atoms with E-state index in [1.807, 2.05) is 36.4 Å². The first-order valence-electron chi connectivity index (χ1n) is 10.2. The van der Waals surface area contributed by atoms with Gasteiger partial charge in [-0.3, -0.25) is 14.2 Å². The molecule has 0 aliphatic rings. The lowest BCUT2D eigenvalue weighted by molar-refractivity contribution is 0.102.